The van der Waals surface area contributed by atoms with Gasteiger partial charge in [-0.25, -0.2) is 0 Å². The van der Waals surface area contributed by atoms with E-state index in [2.05, 4.69) is 0 Å². The van der Waals surface area contributed by atoms with E-state index in [0.717, 1.165) is 5.56 Å². The number of aryl methyl sites for hydroxylation is 1. The zero-order valence-electron chi connectivity index (χ0n) is 7.02. The van der Waals surface area contributed by atoms with Gasteiger partial charge in [0.25, 0.3) is 0 Å². The number of fused-ring (bicyclic) bond motifs is 1. The van der Waals surface area contributed by atoms with Gasteiger partial charge in [0.2, 0.25) is 6.20 Å². The van der Waals surface area contributed by atoms with Crippen LogP contribution in [-0.4, -0.2) is 5.21 Å². The number of rotatable bonds is 0. The lowest BCUT2D eigenvalue weighted by atomic mass is 10.2. The molecule has 4 nitrogen and oxygen atoms in total. The Balaban J connectivity index is 2.97. The predicted molar refractivity (Wildman–Crippen MR) is 44.6 cm³/mol. The maximum Gasteiger partial charge on any atom is 0.651 e. The van der Waals surface area contributed by atoms with Crippen molar-refractivity contribution in [3.63, 3.8) is 0 Å². The molecule has 2 rings (SSSR count). The summed E-state index contributed by atoms with van der Waals surface area (Å²) in [5, 5.41) is 9.71. The Morgan fingerprint density at radius 2 is 2.23 bits per heavy atom. The second-order valence-electron chi connectivity index (χ2n) is 2.83. The second kappa shape index (κ2) is 2.58. The molecule has 0 aliphatic carbocycles. The van der Waals surface area contributed by atoms with Crippen LogP contribution >= 0.6 is 0 Å². The molecule has 1 aromatic carbocycles. The van der Waals surface area contributed by atoms with Gasteiger partial charge in [-0.3, -0.25) is 5.21 Å². The van der Waals surface area contributed by atoms with Gasteiger partial charge in [-0.05, 0) is 18.6 Å². The van der Waals surface area contributed by atoms with Crippen molar-refractivity contribution in [3.8, 4) is 0 Å². The van der Waals surface area contributed by atoms with Crippen LogP contribution in [0.15, 0.2) is 33.6 Å². The van der Waals surface area contributed by atoms with Crippen molar-refractivity contribution in [2.45, 2.75) is 6.92 Å². The molecule has 2 aromatic rings. The third kappa shape index (κ3) is 1.16. The average Bonchev–Trinajstić information content (AvgIpc) is 2.09. The van der Waals surface area contributed by atoms with E-state index in [-0.39, 0.29) is 0 Å². The number of para-hydroxylation sites is 1. The lowest BCUT2D eigenvalue weighted by molar-refractivity contribution is -0.921. The zero-order valence-corrected chi connectivity index (χ0v) is 7.02. The Labute approximate surface area is 73.6 Å². The molecule has 1 aromatic heterocycles. The van der Waals surface area contributed by atoms with E-state index in [1.165, 1.54) is 6.20 Å². The van der Waals surface area contributed by atoms with Gasteiger partial charge in [-0.1, -0.05) is 12.1 Å². The first-order chi connectivity index (χ1) is 6.18. The van der Waals surface area contributed by atoms with Crippen LogP contribution in [0.3, 0.4) is 0 Å². The van der Waals surface area contributed by atoms with Gasteiger partial charge >= 0.3 is 5.76 Å². The number of benzene rings is 1. The summed E-state index contributed by atoms with van der Waals surface area (Å²) in [5.74, 6) is -0.776. The molecule has 1 heterocycles. The summed E-state index contributed by atoms with van der Waals surface area (Å²) in [5.41, 5.74) is 1.38. The highest BCUT2D eigenvalue weighted by Gasteiger charge is 2.11. The van der Waals surface area contributed by atoms with Crippen LogP contribution in [0.5, 0.6) is 0 Å². The molecule has 0 saturated carbocycles. The first-order valence-electron chi connectivity index (χ1n) is 3.83. The zero-order chi connectivity index (χ0) is 9.42. The first kappa shape index (κ1) is 7.79. The van der Waals surface area contributed by atoms with Crippen LogP contribution in [-0.2, 0) is 0 Å². The molecule has 0 fully saturated rings. The third-order valence-corrected chi connectivity index (χ3v) is 1.88. The lowest BCUT2D eigenvalue weighted by Gasteiger charge is -1.94. The maximum absolute atomic E-state index is 10.9. The maximum atomic E-state index is 10.9. The van der Waals surface area contributed by atoms with Crippen molar-refractivity contribution in [1.82, 2.24) is 0 Å². The van der Waals surface area contributed by atoms with Crippen molar-refractivity contribution in [3.05, 3.63) is 40.5 Å². The summed E-state index contributed by atoms with van der Waals surface area (Å²) in [6, 6.07) is 5.43. The van der Waals surface area contributed by atoms with Crippen LogP contribution < -0.4 is 10.5 Å². The van der Waals surface area contributed by atoms with E-state index in [0.29, 0.717) is 15.7 Å². The van der Waals surface area contributed by atoms with Crippen LogP contribution in [0.1, 0.15) is 5.56 Å². The van der Waals surface area contributed by atoms with E-state index >= 15 is 0 Å². The minimum atomic E-state index is -0.776. The quantitative estimate of drug-likeness (QED) is 0.475. The van der Waals surface area contributed by atoms with E-state index in [4.69, 9.17) is 9.62 Å². The molecule has 0 radical (unpaired) electrons. The van der Waals surface area contributed by atoms with Crippen molar-refractivity contribution in [1.29, 1.82) is 0 Å². The van der Waals surface area contributed by atoms with E-state index in [1.807, 2.05) is 19.1 Å². The molecule has 13 heavy (non-hydrogen) atoms. The Morgan fingerprint density at radius 3 is 3.00 bits per heavy atom. The molecule has 66 valence electrons. The SMILES string of the molecule is Cc1cccc2c[n+](O)c(=O)oc12. The van der Waals surface area contributed by atoms with Gasteiger partial charge < -0.3 is 4.42 Å². The fourth-order valence-electron chi connectivity index (χ4n) is 1.23. The largest absolute Gasteiger partial charge is 0.651 e. The van der Waals surface area contributed by atoms with Gasteiger partial charge in [0.1, 0.15) is 0 Å². The molecule has 0 aliphatic heterocycles. The van der Waals surface area contributed by atoms with Gasteiger partial charge in [-0.15, -0.1) is 0 Å². The fraction of sp³-hybridized carbons (Fsp3) is 0.111. The van der Waals surface area contributed by atoms with Crippen LogP contribution in [0.2, 0.25) is 0 Å². The molecule has 0 aliphatic rings. The Bertz CT molecular complexity index is 516. The highest BCUT2D eigenvalue weighted by molar-refractivity contribution is 5.77. The van der Waals surface area contributed by atoms with Gasteiger partial charge in [0.15, 0.2) is 5.58 Å². The Hall–Kier alpha value is -1.84. The van der Waals surface area contributed by atoms with E-state index < -0.39 is 5.76 Å². The topological polar surface area (TPSA) is 54.3 Å². The van der Waals surface area contributed by atoms with Crippen molar-refractivity contribution in [2.75, 3.05) is 0 Å². The average molecular weight is 178 g/mol. The lowest BCUT2D eigenvalue weighted by Crippen LogP contribution is -2.46. The monoisotopic (exact) mass is 178 g/mol. The summed E-state index contributed by atoms with van der Waals surface area (Å²) in [7, 11) is 0. The summed E-state index contributed by atoms with van der Waals surface area (Å²) in [6.45, 7) is 1.84. The molecule has 0 unspecified atom stereocenters. The molecule has 0 bridgehead atoms. The first-order valence-corrected chi connectivity index (χ1v) is 3.83. The smallest absolute Gasteiger partial charge is 0.368 e. The molecule has 4 heteroatoms. The predicted octanol–water partition coefficient (Wildman–Crippen LogP) is 0.626. The Kier molecular flexibility index (Phi) is 1.55. The van der Waals surface area contributed by atoms with Gasteiger partial charge in [0, 0.05) is 0 Å². The van der Waals surface area contributed by atoms with Crippen molar-refractivity contribution in [2.24, 2.45) is 0 Å². The number of nitrogens with zero attached hydrogens (tertiary/aromatic N) is 1. The highest BCUT2D eigenvalue weighted by Crippen LogP contribution is 2.13. The molecular formula is C9H8NO3+. The third-order valence-electron chi connectivity index (χ3n) is 1.88. The summed E-state index contributed by atoms with van der Waals surface area (Å²) >= 11 is 0. The molecule has 0 amide bonds. The van der Waals surface area contributed by atoms with Crippen molar-refractivity contribution >= 4 is 11.0 Å². The Morgan fingerprint density at radius 1 is 1.46 bits per heavy atom. The number of hydrogen-bond donors (Lipinski definition) is 1. The van der Waals surface area contributed by atoms with Gasteiger partial charge in [0.05, 0.1) is 10.1 Å². The van der Waals surface area contributed by atoms with Crippen molar-refractivity contribution < 1.29 is 14.4 Å². The standard InChI is InChI=1S/C9H8NO3/c1-6-3-2-4-7-5-10(12)9(11)13-8(6)7/h2-5,12H,1H3/q+1. The summed E-state index contributed by atoms with van der Waals surface area (Å²) in [4.78, 5) is 10.9. The van der Waals surface area contributed by atoms with E-state index in [1.54, 1.807) is 6.07 Å². The van der Waals surface area contributed by atoms with Crippen LogP contribution in [0.4, 0.5) is 0 Å². The van der Waals surface area contributed by atoms with Crippen LogP contribution in [0.25, 0.3) is 11.0 Å². The minimum Gasteiger partial charge on any atom is -0.368 e. The molecule has 0 saturated heterocycles. The second-order valence-corrected chi connectivity index (χ2v) is 2.83. The summed E-state index contributed by atoms with van der Waals surface area (Å²) in [6.07, 6.45) is 1.33. The normalized spacial score (nSPS) is 10.5. The van der Waals surface area contributed by atoms with Crippen LogP contribution in [0, 0.1) is 6.92 Å². The summed E-state index contributed by atoms with van der Waals surface area (Å²) < 4.78 is 5.31. The number of hydrogen-bond acceptors (Lipinski definition) is 3. The molecule has 0 spiro atoms. The highest BCUT2D eigenvalue weighted by atomic mass is 16.5. The molecule has 1 N–H and O–H groups in total. The number of aromatic nitrogens is 1. The van der Waals surface area contributed by atoms with E-state index in [9.17, 15) is 4.79 Å². The molecule has 0 atom stereocenters. The van der Waals surface area contributed by atoms with Gasteiger partial charge in [-0.2, -0.15) is 4.79 Å². The fourth-order valence-corrected chi connectivity index (χ4v) is 1.23. The molecular weight excluding hydrogens is 170 g/mol. The minimum absolute atomic E-state index is 0.432.